The fraction of sp³-hybridized carbons (Fsp3) is 0.429. The lowest BCUT2D eigenvalue weighted by molar-refractivity contribution is -0.135. The molecule has 1 amide bonds. The smallest absolute Gasteiger partial charge is 0.233 e. The molecule has 130 valence electrons. The third-order valence-corrected chi connectivity index (χ3v) is 5.76. The number of likely N-dealkylation sites (tertiary alicyclic amines) is 1. The second-order valence-corrected chi connectivity index (χ2v) is 7.16. The van der Waals surface area contributed by atoms with Gasteiger partial charge in [-0.1, -0.05) is 12.1 Å². The molecule has 0 N–H and O–H groups in total. The van der Waals surface area contributed by atoms with Crippen LogP contribution >= 0.6 is 0 Å². The fourth-order valence-corrected chi connectivity index (χ4v) is 4.02. The maximum Gasteiger partial charge on any atom is 0.233 e. The van der Waals surface area contributed by atoms with Gasteiger partial charge in [0.05, 0.1) is 12.5 Å². The first-order chi connectivity index (χ1) is 12.2. The molecular formula is C21H24N2O2. The van der Waals surface area contributed by atoms with Crippen molar-refractivity contribution in [2.45, 2.75) is 37.0 Å². The molecule has 2 aliphatic rings. The van der Waals surface area contributed by atoms with E-state index in [1.807, 2.05) is 36.7 Å². The minimum Gasteiger partial charge on any atom is -0.497 e. The molecule has 4 heteroatoms. The van der Waals surface area contributed by atoms with Gasteiger partial charge in [-0.15, -0.1) is 0 Å². The van der Waals surface area contributed by atoms with Crippen molar-refractivity contribution in [1.82, 2.24) is 9.88 Å². The highest BCUT2D eigenvalue weighted by Crippen LogP contribution is 2.50. The van der Waals surface area contributed by atoms with E-state index >= 15 is 0 Å². The van der Waals surface area contributed by atoms with Crippen LogP contribution in [0.3, 0.4) is 0 Å². The second kappa shape index (κ2) is 6.51. The Morgan fingerprint density at radius 3 is 2.28 bits per heavy atom. The van der Waals surface area contributed by atoms with E-state index in [4.69, 9.17) is 4.74 Å². The SMILES string of the molecule is COc1ccc(C2(C(=O)N3CCC(c4ccncc4)CC3)CC2)cc1. The van der Waals surface area contributed by atoms with E-state index < -0.39 is 0 Å². The highest BCUT2D eigenvalue weighted by Gasteiger charge is 2.53. The molecule has 0 atom stereocenters. The van der Waals surface area contributed by atoms with Crippen molar-refractivity contribution in [1.29, 1.82) is 0 Å². The first-order valence-corrected chi connectivity index (χ1v) is 9.07. The van der Waals surface area contributed by atoms with Crippen molar-refractivity contribution < 1.29 is 9.53 Å². The van der Waals surface area contributed by atoms with E-state index in [1.54, 1.807) is 7.11 Å². The highest BCUT2D eigenvalue weighted by molar-refractivity contribution is 5.91. The van der Waals surface area contributed by atoms with Crippen LogP contribution in [0.1, 0.15) is 42.7 Å². The molecule has 0 radical (unpaired) electrons. The minimum atomic E-state index is -0.282. The summed E-state index contributed by atoms with van der Waals surface area (Å²) in [5, 5.41) is 0. The number of hydrogen-bond donors (Lipinski definition) is 0. The Bertz CT molecular complexity index is 730. The summed E-state index contributed by atoms with van der Waals surface area (Å²) in [5.41, 5.74) is 2.20. The van der Waals surface area contributed by atoms with Crippen LogP contribution in [0.25, 0.3) is 0 Å². The van der Waals surface area contributed by atoms with E-state index in [2.05, 4.69) is 22.0 Å². The average molecular weight is 336 g/mol. The summed E-state index contributed by atoms with van der Waals surface area (Å²) in [4.78, 5) is 19.3. The molecule has 2 aromatic rings. The topological polar surface area (TPSA) is 42.4 Å². The monoisotopic (exact) mass is 336 g/mol. The number of carbonyl (C=O) groups is 1. The zero-order valence-corrected chi connectivity index (χ0v) is 14.6. The van der Waals surface area contributed by atoms with Crippen molar-refractivity contribution in [3.05, 3.63) is 59.9 Å². The van der Waals surface area contributed by atoms with Gasteiger partial charge in [0, 0.05) is 25.5 Å². The van der Waals surface area contributed by atoms with Crippen LogP contribution in [-0.2, 0) is 10.2 Å². The average Bonchev–Trinajstić information content (AvgIpc) is 3.50. The van der Waals surface area contributed by atoms with E-state index in [0.717, 1.165) is 50.1 Å². The summed E-state index contributed by atoms with van der Waals surface area (Å²) in [5.74, 6) is 1.69. The molecule has 1 aromatic carbocycles. The largest absolute Gasteiger partial charge is 0.497 e. The maximum atomic E-state index is 13.2. The molecule has 0 spiro atoms. The van der Waals surface area contributed by atoms with Crippen LogP contribution in [0, 0.1) is 0 Å². The molecule has 2 heterocycles. The molecule has 4 rings (SSSR count). The van der Waals surface area contributed by atoms with E-state index in [9.17, 15) is 4.79 Å². The van der Waals surface area contributed by atoms with Gasteiger partial charge in [-0.05, 0) is 67.0 Å². The number of amides is 1. The second-order valence-electron chi connectivity index (χ2n) is 7.16. The number of piperidine rings is 1. The Kier molecular flexibility index (Phi) is 4.20. The van der Waals surface area contributed by atoms with Crippen LogP contribution in [0.2, 0.25) is 0 Å². The third-order valence-electron chi connectivity index (χ3n) is 5.76. The molecule has 25 heavy (non-hydrogen) atoms. The summed E-state index contributed by atoms with van der Waals surface area (Å²) in [6.07, 6.45) is 7.71. The molecule has 1 aliphatic carbocycles. The number of rotatable bonds is 4. The lowest BCUT2D eigenvalue weighted by Crippen LogP contribution is -2.43. The zero-order valence-electron chi connectivity index (χ0n) is 14.6. The Hall–Kier alpha value is -2.36. The lowest BCUT2D eigenvalue weighted by atomic mass is 9.88. The predicted octanol–water partition coefficient (Wildman–Crippen LogP) is 3.53. The third kappa shape index (κ3) is 3.01. The van der Waals surface area contributed by atoms with Crippen LogP contribution in [-0.4, -0.2) is 36.0 Å². The van der Waals surface area contributed by atoms with Gasteiger partial charge in [0.1, 0.15) is 5.75 Å². The Morgan fingerprint density at radius 2 is 1.72 bits per heavy atom. The highest BCUT2D eigenvalue weighted by atomic mass is 16.5. The van der Waals surface area contributed by atoms with Gasteiger partial charge in [-0.25, -0.2) is 0 Å². The summed E-state index contributed by atoms with van der Waals surface area (Å²) in [6, 6.07) is 12.2. The number of carbonyl (C=O) groups excluding carboxylic acids is 1. The molecule has 1 aliphatic heterocycles. The van der Waals surface area contributed by atoms with Crippen LogP contribution in [0.5, 0.6) is 5.75 Å². The molecular weight excluding hydrogens is 312 g/mol. The van der Waals surface area contributed by atoms with Crippen molar-refractivity contribution in [2.75, 3.05) is 20.2 Å². The van der Waals surface area contributed by atoms with Gasteiger partial charge in [-0.2, -0.15) is 0 Å². The van der Waals surface area contributed by atoms with Gasteiger partial charge in [0.2, 0.25) is 5.91 Å². The maximum absolute atomic E-state index is 13.2. The number of methoxy groups -OCH3 is 1. The summed E-state index contributed by atoms with van der Waals surface area (Å²) >= 11 is 0. The quantitative estimate of drug-likeness (QED) is 0.858. The van der Waals surface area contributed by atoms with E-state index in [1.165, 1.54) is 5.56 Å². The van der Waals surface area contributed by atoms with Crippen LogP contribution < -0.4 is 4.74 Å². The van der Waals surface area contributed by atoms with Crippen molar-refractivity contribution >= 4 is 5.91 Å². The number of pyridine rings is 1. The summed E-state index contributed by atoms with van der Waals surface area (Å²) < 4.78 is 5.23. The number of hydrogen-bond acceptors (Lipinski definition) is 3. The summed E-state index contributed by atoms with van der Waals surface area (Å²) in [7, 11) is 1.67. The molecule has 0 unspecified atom stereocenters. The number of nitrogens with zero attached hydrogens (tertiary/aromatic N) is 2. The Balaban J connectivity index is 1.43. The molecule has 1 saturated carbocycles. The minimum absolute atomic E-state index is 0.282. The summed E-state index contributed by atoms with van der Waals surface area (Å²) in [6.45, 7) is 1.70. The molecule has 1 saturated heterocycles. The van der Waals surface area contributed by atoms with Crippen LogP contribution in [0.4, 0.5) is 0 Å². The van der Waals surface area contributed by atoms with Gasteiger partial charge < -0.3 is 9.64 Å². The normalized spacial score (nSPS) is 19.5. The van der Waals surface area contributed by atoms with Crippen LogP contribution in [0.15, 0.2) is 48.8 Å². The molecule has 1 aromatic heterocycles. The lowest BCUT2D eigenvalue weighted by Gasteiger charge is -2.34. The number of benzene rings is 1. The standard InChI is InChI=1S/C21H24N2O2/c1-25-19-4-2-18(3-5-19)21(10-11-21)20(24)23-14-8-17(9-15-23)16-6-12-22-13-7-16/h2-7,12-13,17H,8-11,14-15H2,1H3. The van der Waals surface area contributed by atoms with E-state index in [0.29, 0.717) is 11.8 Å². The molecule has 0 bridgehead atoms. The number of ether oxygens (including phenoxy) is 1. The fourth-order valence-electron chi connectivity index (χ4n) is 4.02. The van der Waals surface area contributed by atoms with Crippen molar-refractivity contribution in [2.24, 2.45) is 0 Å². The van der Waals surface area contributed by atoms with E-state index in [-0.39, 0.29) is 5.41 Å². The number of aromatic nitrogens is 1. The predicted molar refractivity (Wildman–Crippen MR) is 96.7 cm³/mol. The first-order valence-electron chi connectivity index (χ1n) is 9.07. The van der Waals surface area contributed by atoms with Gasteiger partial charge >= 0.3 is 0 Å². The zero-order chi connectivity index (χ0) is 17.3. The van der Waals surface area contributed by atoms with Gasteiger partial charge in [0.25, 0.3) is 0 Å². The first kappa shape index (κ1) is 16.1. The molecule has 2 fully saturated rings. The van der Waals surface area contributed by atoms with Gasteiger partial charge in [0.15, 0.2) is 0 Å². The van der Waals surface area contributed by atoms with Crippen molar-refractivity contribution in [3.63, 3.8) is 0 Å². The Labute approximate surface area is 148 Å². The van der Waals surface area contributed by atoms with Crippen molar-refractivity contribution in [3.8, 4) is 5.75 Å². The van der Waals surface area contributed by atoms with Gasteiger partial charge in [-0.3, -0.25) is 9.78 Å². The Morgan fingerprint density at radius 1 is 1.08 bits per heavy atom. The molecule has 4 nitrogen and oxygen atoms in total.